The Morgan fingerprint density at radius 1 is 1.25 bits per heavy atom. The van der Waals surface area contributed by atoms with Crippen LogP contribution in [0.15, 0.2) is 29.0 Å². The summed E-state index contributed by atoms with van der Waals surface area (Å²) >= 11 is 1.72. The molecular formula is C15H22N4S. The van der Waals surface area contributed by atoms with Gasteiger partial charge in [0.15, 0.2) is 5.82 Å². The lowest BCUT2D eigenvalue weighted by Crippen LogP contribution is -2.21. The number of thiophene rings is 1. The fourth-order valence-corrected chi connectivity index (χ4v) is 2.54. The third-order valence-corrected chi connectivity index (χ3v) is 3.69. The lowest BCUT2D eigenvalue weighted by molar-refractivity contribution is 0.546. The second-order valence-corrected chi connectivity index (χ2v) is 6.18. The predicted octanol–water partition coefficient (Wildman–Crippen LogP) is 2.92. The summed E-state index contributed by atoms with van der Waals surface area (Å²) in [5.74, 6) is 1.56. The quantitative estimate of drug-likeness (QED) is 0.851. The Morgan fingerprint density at radius 2 is 2.10 bits per heavy atom. The summed E-state index contributed by atoms with van der Waals surface area (Å²) in [6.45, 7) is 7.03. The van der Waals surface area contributed by atoms with Crippen LogP contribution in [0.4, 0.5) is 5.82 Å². The van der Waals surface area contributed by atoms with Crippen LogP contribution in [0.3, 0.4) is 0 Å². The minimum absolute atomic E-state index is 0.652. The van der Waals surface area contributed by atoms with E-state index in [0.717, 1.165) is 31.1 Å². The normalized spacial score (nSPS) is 11.0. The lowest BCUT2D eigenvalue weighted by Gasteiger charge is -2.17. The fourth-order valence-electron chi connectivity index (χ4n) is 1.88. The monoisotopic (exact) mass is 290 g/mol. The van der Waals surface area contributed by atoms with Gasteiger partial charge in [0.05, 0.1) is 5.69 Å². The first-order valence-corrected chi connectivity index (χ1v) is 7.85. The van der Waals surface area contributed by atoms with Crippen LogP contribution in [0, 0.1) is 5.92 Å². The van der Waals surface area contributed by atoms with Gasteiger partial charge in [-0.3, -0.25) is 0 Å². The zero-order valence-electron chi connectivity index (χ0n) is 12.3. The fraction of sp³-hybridized carbons (Fsp3) is 0.467. The first-order chi connectivity index (χ1) is 9.65. The number of rotatable bonds is 7. The van der Waals surface area contributed by atoms with Gasteiger partial charge in [0.2, 0.25) is 0 Å². The molecule has 4 nitrogen and oxygen atoms in total. The Labute approximate surface area is 124 Å². The number of nitrogens with zero attached hydrogens (tertiary/aromatic N) is 3. The third-order valence-electron chi connectivity index (χ3n) is 2.96. The van der Waals surface area contributed by atoms with E-state index in [1.54, 1.807) is 11.3 Å². The van der Waals surface area contributed by atoms with Crippen LogP contribution in [0.25, 0.3) is 0 Å². The van der Waals surface area contributed by atoms with Crippen molar-refractivity contribution in [3.63, 3.8) is 0 Å². The standard InChI is InChI=1S/C15H22N4S/c1-12(2)8-16-9-14-4-5-15(18-17-14)19(3)10-13-6-7-20-11-13/h4-7,11-12,16H,8-10H2,1-3H3. The Kier molecular flexibility index (Phi) is 5.49. The van der Waals surface area contributed by atoms with E-state index in [9.17, 15) is 0 Å². The van der Waals surface area contributed by atoms with Crippen molar-refractivity contribution in [3.05, 3.63) is 40.2 Å². The first kappa shape index (κ1) is 14.9. The van der Waals surface area contributed by atoms with Crippen molar-refractivity contribution in [1.82, 2.24) is 15.5 Å². The highest BCUT2D eigenvalue weighted by Gasteiger charge is 2.05. The summed E-state index contributed by atoms with van der Waals surface area (Å²) in [6.07, 6.45) is 0. The van der Waals surface area contributed by atoms with E-state index < -0.39 is 0 Å². The molecule has 0 fully saturated rings. The number of anilines is 1. The van der Waals surface area contributed by atoms with E-state index in [0.29, 0.717) is 5.92 Å². The maximum atomic E-state index is 4.30. The smallest absolute Gasteiger partial charge is 0.151 e. The highest BCUT2D eigenvalue weighted by atomic mass is 32.1. The molecule has 0 aliphatic carbocycles. The molecule has 0 aromatic carbocycles. The van der Waals surface area contributed by atoms with Crippen molar-refractivity contribution in [3.8, 4) is 0 Å². The summed E-state index contributed by atoms with van der Waals surface area (Å²) in [6, 6.07) is 6.21. The predicted molar refractivity (Wildman–Crippen MR) is 85.0 cm³/mol. The topological polar surface area (TPSA) is 41.0 Å². The van der Waals surface area contributed by atoms with Gasteiger partial charge in [0, 0.05) is 20.1 Å². The molecule has 1 N–H and O–H groups in total. The van der Waals surface area contributed by atoms with Gasteiger partial charge in [-0.1, -0.05) is 13.8 Å². The second kappa shape index (κ2) is 7.36. The zero-order chi connectivity index (χ0) is 14.4. The molecule has 5 heteroatoms. The molecule has 20 heavy (non-hydrogen) atoms. The van der Waals surface area contributed by atoms with Gasteiger partial charge >= 0.3 is 0 Å². The van der Waals surface area contributed by atoms with E-state index in [4.69, 9.17) is 0 Å². The van der Waals surface area contributed by atoms with Crippen molar-refractivity contribution in [1.29, 1.82) is 0 Å². The zero-order valence-corrected chi connectivity index (χ0v) is 13.2. The lowest BCUT2D eigenvalue weighted by atomic mass is 10.2. The molecule has 0 unspecified atom stereocenters. The minimum atomic E-state index is 0.652. The molecule has 0 saturated heterocycles. The van der Waals surface area contributed by atoms with E-state index in [2.05, 4.69) is 51.1 Å². The van der Waals surface area contributed by atoms with Gasteiger partial charge < -0.3 is 10.2 Å². The summed E-state index contributed by atoms with van der Waals surface area (Å²) in [5.41, 5.74) is 2.29. The van der Waals surface area contributed by atoms with Crippen LogP contribution in [0.2, 0.25) is 0 Å². The van der Waals surface area contributed by atoms with Crippen molar-refractivity contribution >= 4 is 17.2 Å². The Bertz CT molecular complexity index is 493. The molecule has 2 aromatic rings. The van der Waals surface area contributed by atoms with Crippen LogP contribution >= 0.6 is 11.3 Å². The summed E-state index contributed by atoms with van der Waals surface area (Å²) in [7, 11) is 2.04. The first-order valence-electron chi connectivity index (χ1n) is 6.90. The molecule has 0 radical (unpaired) electrons. The van der Waals surface area contributed by atoms with Crippen molar-refractivity contribution in [2.24, 2.45) is 5.92 Å². The van der Waals surface area contributed by atoms with Gasteiger partial charge in [-0.25, -0.2) is 0 Å². The van der Waals surface area contributed by atoms with Gasteiger partial charge in [-0.15, -0.1) is 5.10 Å². The highest BCUT2D eigenvalue weighted by Crippen LogP contribution is 2.13. The van der Waals surface area contributed by atoms with Crippen molar-refractivity contribution < 1.29 is 0 Å². The Morgan fingerprint density at radius 3 is 2.70 bits per heavy atom. The van der Waals surface area contributed by atoms with Crippen LogP contribution < -0.4 is 10.2 Å². The molecule has 0 saturated carbocycles. The van der Waals surface area contributed by atoms with Gasteiger partial charge in [0.1, 0.15) is 0 Å². The minimum Gasteiger partial charge on any atom is -0.354 e. The molecule has 0 atom stereocenters. The maximum absolute atomic E-state index is 4.30. The highest BCUT2D eigenvalue weighted by molar-refractivity contribution is 7.07. The summed E-state index contributed by atoms with van der Waals surface area (Å²) in [4.78, 5) is 2.11. The molecule has 2 heterocycles. The number of nitrogens with one attached hydrogen (secondary N) is 1. The molecule has 0 amide bonds. The van der Waals surface area contributed by atoms with Gasteiger partial charge in [-0.2, -0.15) is 16.4 Å². The Hall–Kier alpha value is -1.46. The molecule has 2 aromatic heterocycles. The maximum Gasteiger partial charge on any atom is 0.151 e. The van der Waals surface area contributed by atoms with Crippen LogP contribution in [0.1, 0.15) is 25.1 Å². The van der Waals surface area contributed by atoms with E-state index >= 15 is 0 Å². The molecule has 0 bridgehead atoms. The van der Waals surface area contributed by atoms with E-state index in [1.807, 2.05) is 19.2 Å². The van der Waals surface area contributed by atoms with Crippen LogP contribution in [0.5, 0.6) is 0 Å². The average Bonchev–Trinajstić information content (AvgIpc) is 2.92. The second-order valence-electron chi connectivity index (χ2n) is 5.40. The average molecular weight is 290 g/mol. The number of aromatic nitrogens is 2. The largest absolute Gasteiger partial charge is 0.354 e. The SMILES string of the molecule is CC(C)CNCc1ccc(N(C)Cc2ccsc2)nn1. The third kappa shape index (κ3) is 4.58. The summed E-state index contributed by atoms with van der Waals surface area (Å²) < 4.78 is 0. The molecule has 2 rings (SSSR count). The van der Waals surface area contributed by atoms with Crippen LogP contribution in [-0.2, 0) is 13.1 Å². The van der Waals surface area contributed by atoms with Crippen LogP contribution in [-0.4, -0.2) is 23.8 Å². The molecule has 0 aliphatic rings. The molecule has 0 spiro atoms. The van der Waals surface area contributed by atoms with E-state index in [1.165, 1.54) is 5.56 Å². The molecular weight excluding hydrogens is 268 g/mol. The van der Waals surface area contributed by atoms with Crippen molar-refractivity contribution in [2.45, 2.75) is 26.9 Å². The molecule has 108 valence electrons. The van der Waals surface area contributed by atoms with Gasteiger partial charge in [0.25, 0.3) is 0 Å². The molecule has 0 aliphatic heterocycles. The summed E-state index contributed by atoms with van der Waals surface area (Å²) in [5, 5.41) is 16.2. The van der Waals surface area contributed by atoms with Gasteiger partial charge in [-0.05, 0) is 47.0 Å². The van der Waals surface area contributed by atoms with Crippen molar-refractivity contribution in [2.75, 3.05) is 18.5 Å². The number of hydrogen-bond acceptors (Lipinski definition) is 5. The number of hydrogen-bond donors (Lipinski definition) is 1. The Balaban J connectivity index is 1.87. The van der Waals surface area contributed by atoms with E-state index in [-0.39, 0.29) is 0 Å².